The monoisotopic (exact) mass is 324 g/mol. The van der Waals surface area contributed by atoms with Crippen molar-refractivity contribution in [1.29, 1.82) is 0 Å². The first-order valence-corrected chi connectivity index (χ1v) is 7.86. The van der Waals surface area contributed by atoms with E-state index >= 15 is 0 Å². The molecule has 1 saturated heterocycles. The summed E-state index contributed by atoms with van der Waals surface area (Å²) >= 11 is 0. The van der Waals surface area contributed by atoms with Gasteiger partial charge in [0.15, 0.2) is 0 Å². The highest BCUT2D eigenvalue weighted by Crippen LogP contribution is 2.29. The Morgan fingerprint density at radius 2 is 1.92 bits per heavy atom. The van der Waals surface area contributed by atoms with Gasteiger partial charge in [0.1, 0.15) is 6.26 Å². The van der Waals surface area contributed by atoms with Gasteiger partial charge in [0.2, 0.25) is 5.89 Å². The maximum absolute atomic E-state index is 12.4. The predicted molar refractivity (Wildman–Crippen MR) is 84.1 cm³/mol. The van der Waals surface area contributed by atoms with E-state index in [0.29, 0.717) is 30.4 Å². The zero-order valence-electron chi connectivity index (χ0n) is 13.0. The minimum Gasteiger partial charge on any atom is -0.472 e. The van der Waals surface area contributed by atoms with E-state index in [0.717, 1.165) is 18.4 Å². The molecule has 24 heavy (non-hydrogen) atoms. The van der Waals surface area contributed by atoms with Crippen LogP contribution in [-0.2, 0) is 0 Å². The molecule has 7 heteroatoms. The molecule has 1 aliphatic heterocycles. The number of aromatic nitrogens is 3. The number of hydrogen-bond acceptors (Lipinski definition) is 6. The molecular formula is C17H16N4O3. The van der Waals surface area contributed by atoms with Gasteiger partial charge in [-0.25, -0.2) is 0 Å². The molecule has 122 valence electrons. The smallest absolute Gasteiger partial charge is 0.253 e. The first-order valence-electron chi connectivity index (χ1n) is 7.86. The standard InChI is InChI=1S/C17H16N4O3/c22-17(13-1-6-18-7-2-13)21-8-3-12(4-9-21)15-19-20-16(24-15)14-5-10-23-11-14/h1-2,5-7,10-12H,3-4,8-9H2. The van der Waals surface area contributed by atoms with Crippen LogP contribution in [0.5, 0.6) is 0 Å². The minimum absolute atomic E-state index is 0.0421. The summed E-state index contributed by atoms with van der Waals surface area (Å²) in [5, 5.41) is 8.23. The number of pyridine rings is 1. The lowest BCUT2D eigenvalue weighted by atomic mass is 9.96. The van der Waals surface area contributed by atoms with Gasteiger partial charge >= 0.3 is 0 Å². The van der Waals surface area contributed by atoms with Crippen molar-refractivity contribution >= 4 is 5.91 Å². The summed E-state index contributed by atoms with van der Waals surface area (Å²) in [5.74, 6) is 1.32. The third kappa shape index (κ3) is 2.80. The second-order valence-corrected chi connectivity index (χ2v) is 5.76. The predicted octanol–water partition coefficient (Wildman–Crippen LogP) is 2.74. The van der Waals surface area contributed by atoms with E-state index in [1.54, 1.807) is 43.1 Å². The molecule has 0 N–H and O–H groups in total. The molecule has 4 rings (SSSR count). The first-order chi connectivity index (χ1) is 11.8. The highest BCUT2D eigenvalue weighted by atomic mass is 16.4. The average Bonchev–Trinajstić information content (AvgIpc) is 3.33. The van der Waals surface area contributed by atoms with E-state index in [2.05, 4.69) is 15.2 Å². The molecule has 0 saturated carbocycles. The zero-order chi connectivity index (χ0) is 16.4. The number of carbonyl (C=O) groups is 1. The summed E-state index contributed by atoms with van der Waals surface area (Å²) in [4.78, 5) is 18.2. The van der Waals surface area contributed by atoms with E-state index in [1.807, 2.05) is 4.90 Å². The molecule has 0 radical (unpaired) electrons. The molecule has 0 aliphatic carbocycles. The molecule has 4 heterocycles. The topological polar surface area (TPSA) is 85.3 Å². The van der Waals surface area contributed by atoms with Crippen LogP contribution in [0.15, 0.2) is 52.0 Å². The molecule has 0 spiro atoms. The van der Waals surface area contributed by atoms with Crippen LogP contribution in [-0.4, -0.2) is 39.1 Å². The Bertz CT molecular complexity index is 806. The van der Waals surface area contributed by atoms with Crippen molar-refractivity contribution in [3.8, 4) is 11.5 Å². The third-order valence-electron chi connectivity index (χ3n) is 4.27. The summed E-state index contributed by atoms with van der Waals surface area (Å²) in [5.41, 5.74) is 1.45. The molecule has 0 atom stereocenters. The second-order valence-electron chi connectivity index (χ2n) is 5.76. The van der Waals surface area contributed by atoms with E-state index in [1.165, 1.54) is 0 Å². The number of furan rings is 1. The van der Waals surface area contributed by atoms with Crippen molar-refractivity contribution < 1.29 is 13.6 Å². The minimum atomic E-state index is 0.0421. The van der Waals surface area contributed by atoms with Crippen LogP contribution in [0.4, 0.5) is 0 Å². The van der Waals surface area contributed by atoms with E-state index in [-0.39, 0.29) is 11.8 Å². The van der Waals surface area contributed by atoms with E-state index < -0.39 is 0 Å². The van der Waals surface area contributed by atoms with Crippen molar-refractivity contribution in [1.82, 2.24) is 20.1 Å². The zero-order valence-corrected chi connectivity index (χ0v) is 13.0. The molecule has 0 aromatic carbocycles. The van der Waals surface area contributed by atoms with Gasteiger partial charge in [0, 0.05) is 37.0 Å². The lowest BCUT2D eigenvalue weighted by molar-refractivity contribution is 0.0706. The number of likely N-dealkylation sites (tertiary alicyclic amines) is 1. The fourth-order valence-electron chi connectivity index (χ4n) is 2.91. The summed E-state index contributed by atoms with van der Waals surface area (Å²) in [6, 6.07) is 5.26. The maximum atomic E-state index is 12.4. The van der Waals surface area contributed by atoms with Gasteiger partial charge in [0.25, 0.3) is 11.8 Å². The molecule has 1 amide bonds. The number of nitrogens with zero attached hydrogens (tertiary/aromatic N) is 4. The van der Waals surface area contributed by atoms with Crippen LogP contribution in [0.3, 0.4) is 0 Å². The Labute approximate surface area is 138 Å². The molecule has 1 fully saturated rings. The summed E-state index contributed by atoms with van der Waals surface area (Å²) in [7, 11) is 0. The van der Waals surface area contributed by atoms with Gasteiger partial charge in [-0.05, 0) is 31.0 Å². The Kier molecular flexibility index (Phi) is 3.82. The number of rotatable bonds is 3. The fraction of sp³-hybridized carbons (Fsp3) is 0.294. The lowest BCUT2D eigenvalue weighted by Crippen LogP contribution is -2.38. The van der Waals surface area contributed by atoms with E-state index in [4.69, 9.17) is 8.83 Å². The summed E-state index contributed by atoms with van der Waals surface area (Å²) < 4.78 is 10.8. The van der Waals surface area contributed by atoms with Gasteiger partial charge in [0.05, 0.1) is 11.8 Å². The number of piperidine rings is 1. The Hall–Kier alpha value is -2.96. The van der Waals surface area contributed by atoms with Crippen molar-refractivity contribution in [2.24, 2.45) is 0 Å². The maximum Gasteiger partial charge on any atom is 0.253 e. The van der Waals surface area contributed by atoms with Crippen LogP contribution >= 0.6 is 0 Å². The molecule has 1 aliphatic rings. The van der Waals surface area contributed by atoms with Gasteiger partial charge < -0.3 is 13.7 Å². The Morgan fingerprint density at radius 1 is 1.12 bits per heavy atom. The SMILES string of the molecule is O=C(c1ccncc1)N1CCC(c2nnc(-c3ccoc3)o2)CC1. The van der Waals surface area contributed by atoms with Crippen molar-refractivity contribution in [2.45, 2.75) is 18.8 Å². The molecule has 7 nitrogen and oxygen atoms in total. The number of carbonyl (C=O) groups excluding carboxylic acids is 1. The lowest BCUT2D eigenvalue weighted by Gasteiger charge is -2.30. The average molecular weight is 324 g/mol. The fourth-order valence-corrected chi connectivity index (χ4v) is 2.91. The number of amides is 1. The molecule has 3 aromatic heterocycles. The van der Waals surface area contributed by atoms with Crippen LogP contribution in [0.2, 0.25) is 0 Å². The Morgan fingerprint density at radius 3 is 2.62 bits per heavy atom. The van der Waals surface area contributed by atoms with Gasteiger partial charge in [-0.1, -0.05) is 0 Å². The molecule has 0 unspecified atom stereocenters. The quantitative estimate of drug-likeness (QED) is 0.736. The summed E-state index contributed by atoms with van der Waals surface area (Å²) in [6.45, 7) is 1.35. The largest absolute Gasteiger partial charge is 0.472 e. The normalized spacial score (nSPS) is 15.6. The van der Waals surface area contributed by atoms with Crippen molar-refractivity contribution in [3.63, 3.8) is 0 Å². The van der Waals surface area contributed by atoms with Crippen molar-refractivity contribution in [3.05, 3.63) is 54.6 Å². The van der Waals surface area contributed by atoms with Gasteiger partial charge in [-0.3, -0.25) is 9.78 Å². The van der Waals surface area contributed by atoms with Crippen LogP contribution in [0.25, 0.3) is 11.5 Å². The molecule has 3 aromatic rings. The third-order valence-corrected chi connectivity index (χ3v) is 4.27. The molecular weight excluding hydrogens is 308 g/mol. The second kappa shape index (κ2) is 6.27. The Balaban J connectivity index is 1.40. The first kappa shape index (κ1) is 14.6. The number of hydrogen-bond donors (Lipinski definition) is 0. The van der Waals surface area contributed by atoms with Crippen LogP contribution in [0.1, 0.15) is 35.0 Å². The van der Waals surface area contributed by atoms with Crippen LogP contribution < -0.4 is 0 Å². The van der Waals surface area contributed by atoms with Crippen molar-refractivity contribution in [2.75, 3.05) is 13.1 Å². The highest BCUT2D eigenvalue weighted by molar-refractivity contribution is 5.94. The molecule has 0 bridgehead atoms. The van der Waals surface area contributed by atoms with Gasteiger partial charge in [-0.15, -0.1) is 10.2 Å². The summed E-state index contributed by atoms with van der Waals surface area (Å²) in [6.07, 6.45) is 8.04. The van der Waals surface area contributed by atoms with Crippen LogP contribution in [0, 0.1) is 0 Å². The highest BCUT2D eigenvalue weighted by Gasteiger charge is 2.28. The van der Waals surface area contributed by atoms with Gasteiger partial charge in [-0.2, -0.15) is 0 Å². The van der Waals surface area contributed by atoms with E-state index in [9.17, 15) is 4.79 Å².